The Labute approximate surface area is 119 Å². The molecule has 0 nitrogen and oxygen atoms in total. The van der Waals surface area contributed by atoms with E-state index in [0.29, 0.717) is 0 Å². The Morgan fingerprint density at radius 1 is 0.842 bits per heavy atom. The lowest BCUT2D eigenvalue weighted by atomic mass is 9.77. The van der Waals surface area contributed by atoms with E-state index in [4.69, 9.17) is 0 Å². The molecule has 106 valence electrons. The highest BCUT2D eigenvalue weighted by Crippen LogP contribution is 2.37. The molecule has 0 spiro atoms. The molecule has 1 fully saturated rings. The van der Waals surface area contributed by atoms with Crippen LogP contribution in [0.1, 0.15) is 82.6 Å². The molecule has 0 unspecified atom stereocenters. The maximum Gasteiger partial charge on any atom is -0.0162 e. The second-order valence-corrected chi connectivity index (χ2v) is 6.33. The predicted molar refractivity (Wildman–Crippen MR) is 84.5 cm³/mol. The second-order valence-electron chi connectivity index (χ2n) is 6.33. The van der Waals surface area contributed by atoms with Crippen molar-refractivity contribution in [2.24, 2.45) is 5.92 Å². The Morgan fingerprint density at radius 2 is 1.53 bits per heavy atom. The monoisotopic (exact) mass is 258 g/mol. The van der Waals surface area contributed by atoms with Gasteiger partial charge in [0.2, 0.25) is 0 Å². The number of benzene rings is 1. The fourth-order valence-electron chi connectivity index (χ4n) is 3.55. The van der Waals surface area contributed by atoms with Gasteiger partial charge in [-0.15, -0.1) is 0 Å². The highest BCUT2D eigenvalue weighted by Gasteiger charge is 2.21. The van der Waals surface area contributed by atoms with Crippen LogP contribution in [0.25, 0.3) is 0 Å². The predicted octanol–water partition coefficient (Wildman–Crippen LogP) is 6.32. The first kappa shape index (κ1) is 14.6. The van der Waals surface area contributed by atoms with Gasteiger partial charge in [0.05, 0.1) is 0 Å². The van der Waals surface area contributed by atoms with Crippen molar-refractivity contribution in [1.82, 2.24) is 0 Å². The van der Waals surface area contributed by atoms with Crippen LogP contribution in [-0.4, -0.2) is 0 Å². The molecule has 0 heterocycles. The minimum absolute atomic E-state index is 0.845. The molecule has 0 atom stereocenters. The van der Waals surface area contributed by atoms with Gasteiger partial charge in [-0.1, -0.05) is 75.8 Å². The lowest BCUT2D eigenvalue weighted by Crippen LogP contribution is -2.13. The summed E-state index contributed by atoms with van der Waals surface area (Å²) in [7, 11) is 0. The Bertz CT molecular complexity index is 319. The molecule has 0 bridgehead atoms. The maximum atomic E-state index is 2.32. The van der Waals surface area contributed by atoms with Crippen molar-refractivity contribution in [3.8, 4) is 0 Å². The van der Waals surface area contributed by atoms with Crippen molar-refractivity contribution in [1.29, 1.82) is 0 Å². The smallest absolute Gasteiger partial charge is 0.0162 e. The van der Waals surface area contributed by atoms with Gasteiger partial charge in [-0.25, -0.2) is 0 Å². The summed E-state index contributed by atoms with van der Waals surface area (Å²) in [4.78, 5) is 0. The summed E-state index contributed by atoms with van der Waals surface area (Å²) >= 11 is 0. The van der Waals surface area contributed by atoms with Gasteiger partial charge in [-0.05, 0) is 43.1 Å². The van der Waals surface area contributed by atoms with Crippen LogP contribution in [0.5, 0.6) is 0 Å². The molecule has 1 aliphatic rings. The summed E-state index contributed by atoms with van der Waals surface area (Å²) in [5.74, 6) is 1.87. The van der Waals surface area contributed by atoms with E-state index < -0.39 is 0 Å². The van der Waals surface area contributed by atoms with E-state index in [-0.39, 0.29) is 0 Å². The molecule has 2 rings (SSSR count). The lowest BCUT2D eigenvalue weighted by Gasteiger charge is -2.28. The molecule has 1 aromatic carbocycles. The Hall–Kier alpha value is -0.780. The Kier molecular flexibility index (Phi) is 6.47. The molecule has 1 aliphatic carbocycles. The average molecular weight is 258 g/mol. The van der Waals surface area contributed by atoms with Crippen LogP contribution in [-0.2, 0) is 0 Å². The van der Waals surface area contributed by atoms with E-state index in [1.807, 2.05) is 0 Å². The molecule has 1 aromatic rings. The topological polar surface area (TPSA) is 0 Å². The average Bonchev–Trinajstić information content (AvgIpc) is 2.49. The molecule has 0 radical (unpaired) electrons. The SMILES string of the molecule is CCCCCCCC1CCC(c2ccccc2)CC1. The van der Waals surface area contributed by atoms with Crippen LogP contribution in [0.2, 0.25) is 0 Å². The molecule has 0 aliphatic heterocycles. The molecule has 0 aromatic heterocycles. The zero-order chi connectivity index (χ0) is 13.3. The second kappa shape index (κ2) is 8.40. The third kappa shape index (κ3) is 5.01. The molecular formula is C19H30. The summed E-state index contributed by atoms with van der Waals surface area (Å²) in [5, 5.41) is 0. The third-order valence-electron chi connectivity index (χ3n) is 4.83. The van der Waals surface area contributed by atoms with E-state index >= 15 is 0 Å². The van der Waals surface area contributed by atoms with Crippen molar-refractivity contribution < 1.29 is 0 Å². The highest BCUT2D eigenvalue weighted by molar-refractivity contribution is 5.19. The van der Waals surface area contributed by atoms with Gasteiger partial charge in [-0.2, -0.15) is 0 Å². The molecular weight excluding hydrogens is 228 g/mol. The lowest BCUT2D eigenvalue weighted by molar-refractivity contribution is 0.302. The summed E-state index contributed by atoms with van der Waals surface area (Å²) in [5.41, 5.74) is 1.57. The van der Waals surface area contributed by atoms with Gasteiger partial charge in [0.25, 0.3) is 0 Å². The number of rotatable bonds is 7. The standard InChI is InChI=1S/C19H30/c1-2-3-4-5-7-10-17-13-15-19(16-14-17)18-11-8-6-9-12-18/h6,8-9,11-12,17,19H,2-5,7,10,13-16H2,1H3. The van der Waals surface area contributed by atoms with Crippen LogP contribution < -0.4 is 0 Å². The fraction of sp³-hybridized carbons (Fsp3) is 0.684. The van der Waals surface area contributed by atoms with E-state index in [2.05, 4.69) is 37.3 Å². The maximum absolute atomic E-state index is 2.32. The first-order chi connectivity index (χ1) is 9.40. The normalized spacial score (nSPS) is 23.4. The minimum Gasteiger partial charge on any atom is -0.0654 e. The number of hydrogen-bond acceptors (Lipinski definition) is 0. The van der Waals surface area contributed by atoms with E-state index in [1.54, 1.807) is 5.56 Å². The largest absolute Gasteiger partial charge is 0.0654 e. The van der Waals surface area contributed by atoms with Crippen molar-refractivity contribution in [3.63, 3.8) is 0 Å². The quantitative estimate of drug-likeness (QED) is 0.502. The zero-order valence-corrected chi connectivity index (χ0v) is 12.6. The molecule has 0 heteroatoms. The van der Waals surface area contributed by atoms with Gasteiger partial charge >= 0.3 is 0 Å². The van der Waals surface area contributed by atoms with Gasteiger partial charge in [0.15, 0.2) is 0 Å². The van der Waals surface area contributed by atoms with Gasteiger partial charge in [0, 0.05) is 0 Å². The minimum atomic E-state index is 0.845. The molecule has 0 N–H and O–H groups in total. The zero-order valence-electron chi connectivity index (χ0n) is 12.6. The van der Waals surface area contributed by atoms with E-state index in [9.17, 15) is 0 Å². The number of unbranched alkanes of at least 4 members (excludes halogenated alkanes) is 4. The Balaban J connectivity index is 1.63. The van der Waals surface area contributed by atoms with Crippen molar-refractivity contribution in [2.45, 2.75) is 77.0 Å². The summed E-state index contributed by atoms with van der Waals surface area (Å²) in [6.07, 6.45) is 14.4. The number of hydrogen-bond donors (Lipinski definition) is 0. The van der Waals surface area contributed by atoms with Crippen LogP contribution >= 0.6 is 0 Å². The van der Waals surface area contributed by atoms with E-state index in [1.165, 1.54) is 64.2 Å². The molecule has 1 saturated carbocycles. The van der Waals surface area contributed by atoms with E-state index in [0.717, 1.165) is 11.8 Å². The van der Waals surface area contributed by atoms with Crippen molar-refractivity contribution in [2.75, 3.05) is 0 Å². The van der Waals surface area contributed by atoms with Crippen molar-refractivity contribution >= 4 is 0 Å². The molecule has 19 heavy (non-hydrogen) atoms. The van der Waals surface area contributed by atoms with Crippen LogP contribution in [0.4, 0.5) is 0 Å². The molecule has 0 saturated heterocycles. The van der Waals surface area contributed by atoms with Crippen LogP contribution in [0.3, 0.4) is 0 Å². The van der Waals surface area contributed by atoms with Gasteiger partial charge in [-0.3, -0.25) is 0 Å². The highest BCUT2D eigenvalue weighted by atomic mass is 14.3. The first-order valence-electron chi connectivity index (χ1n) is 8.45. The summed E-state index contributed by atoms with van der Waals surface area (Å²) in [6.45, 7) is 2.30. The van der Waals surface area contributed by atoms with Crippen LogP contribution in [0, 0.1) is 5.92 Å². The van der Waals surface area contributed by atoms with Crippen molar-refractivity contribution in [3.05, 3.63) is 35.9 Å². The van der Waals surface area contributed by atoms with Gasteiger partial charge < -0.3 is 0 Å². The van der Waals surface area contributed by atoms with Gasteiger partial charge in [0.1, 0.15) is 0 Å². The third-order valence-corrected chi connectivity index (χ3v) is 4.83. The molecule has 0 amide bonds. The first-order valence-corrected chi connectivity index (χ1v) is 8.45. The summed E-state index contributed by atoms with van der Waals surface area (Å²) < 4.78 is 0. The summed E-state index contributed by atoms with van der Waals surface area (Å²) in [6, 6.07) is 11.1. The van der Waals surface area contributed by atoms with Crippen LogP contribution in [0.15, 0.2) is 30.3 Å². The Morgan fingerprint density at radius 3 is 2.21 bits per heavy atom. The fourth-order valence-corrected chi connectivity index (χ4v) is 3.55.